The van der Waals surface area contributed by atoms with Crippen molar-refractivity contribution < 1.29 is 13.0 Å². The Labute approximate surface area is 123 Å². The lowest BCUT2D eigenvalue weighted by Gasteiger charge is -2.03. The highest BCUT2D eigenvalue weighted by molar-refractivity contribution is 7.85. The smallest absolute Gasteiger partial charge is 0.294 e. The van der Waals surface area contributed by atoms with Crippen molar-refractivity contribution in [2.24, 2.45) is 10.2 Å². The first-order valence-corrected chi connectivity index (χ1v) is 7.57. The monoisotopic (exact) mass is 305 g/mol. The van der Waals surface area contributed by atoms with Gasteiger partial charge in [-0.05, 0) is 61.4 Å². The van der Waals surface area contributed by atoms with E-state index in [-0.39, 0.29) is 4.90 Å². The molecule has 0 fully saturated rings. The van der Waals surface area contributed by atoms with Crippen LogP contribution in [0.5, 0.6) is 0 Å². The van der Waals surface area contributed by atoms with Crippen LogP contribution >= 0.6 is 0 Å². The van der Waals surface area contributed by atoms with Crippen LogP contribution < -0.4 is 5.73 Å². The lowest BCUT2D eigenvalue weighted by atomic mass is 10.2. The average Bonchev–Trinajstić information content (AvgIpc) is 2.40. The Morgan fingerprint density at radius 3 is 2.29 bits per heavy atom. The molecule has 2 aromatic rings. The normalized spacial score (nSPS) is 12.0. The molecular weight excluding hydrogens is 290 g/mol. The van der Waals surface area contributed by atoms with Gasteiger partial charge in [0.25, 0.3) is 10.1 Å². The quantitative estimate of drug-likeness (QED) is 0.514. The van der Waals surface area contributed by atoms with Gasteiger partial charge in [-0.15, -0.1) is 0 Å². The molecule has 7 heteroatoms. The maximum atomic E-state index is 11.0. The summed E-state index contributed by atoms with van der Waals surface area (Å²) in [4.78, 5) is -0.165. The van der Waals surface area contributed by atoms with Crippen LogP contribution in [0, 0.1) is 13.8 Å². The Morgan fingerprint density at radius 1 is 1.00 bits per heavy atom. The Morgan fingerprint density at radius 2 is 1.71 bits per heavy atom. The third-order valence-corrected chi connectivity index (χ3v) is 3.84. The largest absolute Gasteiger partial charge is 0.399 e. The number of rotatable bonds is 3. The predicted molar refractivity (Wildman–Crippen MR) is 80.8 cm³/mol. The van der Waals surface area contributed by atoms with Gasteiger partial charge in [0.2, 0.25) is 0 Å². The number of hydrogen-bond donors (Lipinski definition) is 2. The molecule has 0 unspecified atom stereocenters. The van der Waals surface area contributed by atoms with Crippen LogP contribution in [-0.4, -0.2) is 13.0 Å². The first-order chi connectivity index (χ1) is 9.77. The third kappa shape index (κ3) is 3.65. The van der Waals surface area contributed by atoms with Crippen LogP contribution in [0.4, 0.5) is 17.1 Å². The van der Waals surface area contributed by atoms with Gasteiger partial charge < -0.3 is 5.73 Å². The lowest BCUT2D eigenvalue weighted by molar-refractivity contribution is 0.483. The van der Waals surface area contributed by atoms with E-state index in [1.807, 2.05) is 6.92 Å². The van der Waals surface area contributed by atoms with E-state index in [0.29, 0.717) is 22.6 Å². The molecule has 0 bridgehead atoms. The van der Waals surface area contributed by atoms with Gasteiger partial charge in [-0.2, -0.15) is 18.6 Å². The molecule has 21 heavy (non-hydrogen) atoms. The fraction of sp³-hybridized carbons (Fsp3) is 0.143. The molecule has 2 aromatic carbocycles. The van der Waals surface area contributed by atoms with Crippen molar-refractivity contribution in [3.63, 3.8) is 0 Å². The van der Waals surface area contributed by atoms with Crippen molar-refractivity contribution in [1.82, 2.24) is 0 Å². The standard InChI is InChI=1S/C14H15N3O3S/c1-9-7-11(3-5-13(9)15)16-17-14-6-4-12(8-10(14)2)21(18,19)20/h3-8H,15H2,1-2H3,(H,18,19,20). The molecule has 0 spiro atoms. The van der Waals surface area contributed by atoms with Crippen LogP contribution in [-0.2, 0) is 10.1 Å². The number of aryl methyl sites for hydroxylation is 2. The zero-order valence-corrected chi connectivity index (χ0v) is 12.4. The van der Waals surface area contributed by atoms with Crippen molar-refractivity contribution in [2.45, 2.75) is 18.7 Å². The molecule has 0 aliphatic rings. The lowest BCUT2D eigenvalue weighted by Crippen LogP contribution is -1.97. The fourth-order valence-electron chi connectivity index (χ4n) is 1.73. The number of hydrogen-bond acceptors (Lipinski definition) is 5. The molecule has 6 nitrogen and oxygen atoms in total. The van der Waals surface area contributed by atoms with E-state index < -0.39 is 10.1 Å². The highest BCUT2D eigenvalue weighted by Gasteiger charge is 2.10. The second kappa shape index (κ2) is 5.63. The second-order valence-electron chi connectivity index (χ2n) is 4.66. The molecule has 0 saturated heterocycles. The van der Waals surface area contributed by atoms with Gasteiger partial charge in [0.05, 0.1) is 16.3 Å². The second-order valence-corrected chi connectivity index (χ2v) is 6.09. The van der Waals surface area contributed by atoms with Gasteiger partial charge in [-0.3, -0.25) is 4.55 Å². The third-order valence-electron chi connectivity index (χ3n) is 2.99. The minimum Gasteiger partial charge on any atom is -0.399 e. The van der Waals surface area contributed by atoms with Gasteiger partial charge in [0.15, 0.2) is 0 Å². The van der Waals surface area contributed by atoms with Crippen molar-refractivity contribution in [3.05, 3.63) is 47.5 Å². The van der Waals surface area contributed by atoms with Crippen molar-refractivity contribution >= 4 is 27.2 Å². The summed E-state index contributed by atoms with van der Waals surface area (Å²) < 4.78 is 31.0. The van der Waals surface area contributed by atoms with Gasteiger partial charge in [0, 0.05) is 5.69 Å². The van der Waals surface area contributed by atoms with Crippen LogP contribution in [0.1, 0.15) is 11.1 Å². The fourth-order valence-corrected chi connectivity index (χ4v) is 2.30. The molecule has 0 aliphatic carbocycles. The Kier molecular flexibility index (Phi) is 4.06. The van der Waals surface area contributed by atoms with Crippen LogP contribution in [0.15, 0.2) is 51.5 Å². The SMILES string of the molecule is Cc1cc(N=Nc2ccc(S(=O)(=O)O)cc2C)ccc1N. The summed E-state index contributed by atoms with van der Waals surface area (Å²) in [6, 6.07) is 9.42. The number of nitrogens with two attached hydrogens (primary N) is 1. The molecule has 0 aliphatic heterocycles. The summed E-state index contributed by atoms with van der Waals surface area (Å²) in [5.74, 6) is 0. The van der Waals surface area contributed by atoms with E-state index in [1.54, 1.807) is 25.1 Å². The van der Waals surface area contributed by atoms with Crippen LogP contribution in [0.3, 0.4) is 0 Å². The topological polar surface area (TPSA) is 105 Å². The van der Waals surface area contributed by atoms with E-state index in [4.69, 9.17) is 10.3 Å². The number of nitrogens with zero attached hydrogens (tertiary/aromatic N) is 2. The summed E-state index contributed by atoms with van der Waals surface area (Å²) in [5, 5.41) is 8.17. The number of benzene rings is 2. The Balaban J connectivity index is 2.31. The van der Waals surface area contributed by atoms with E-state index in [9.17, 15) is 8.42 Å². The highest BCUT2D eigenvalue weighted by atomic mass is 32.2. The zero-order chi connectivity index (χ0) is 15.6. The molecule has 0 saturated carbocycles. The highest BCUT2D eigenvalue weighted by Crippen LogP contribution is 2.25. The van der Waals surface area contributed by atoms with Gasteiger partial charge in [-0.1, -0.05) is 0 Å². The van der Waals surface area contributed by atoms with Crippen molar-refractivity contribution in [2.75, 3.05) is 5.73 Å². The molecule has 0 radical (unpaired) electrons. The molecule has 0 amide bonds. The maximum absolute atomic E-state index is 11.0. The van der Waals surface area contributed by atoms with Gasteiger partial charge in [0.1, 0.15) is 0 Å². The molecule has 3 N–H and O–H groups in total. The van der Waals surface area contributed by atoms with E-state index in [2.05, 4.69) is 10.2 Å². The van der Waals surface area contributed by atoms with Crippen LogP contribution in [0.2, 0.25) is 0 Å². The minimum atomic E-state index is -4.21. The Hall–Kier alpha value is -2.25. The van der Waals surface area contributed by atoms with Crippen molar-refractivity contribution in [1.29, 1.82) is 0 Å². The summed E-state index contributed by atoms with van der Waals surface area (Å²) in [5.41, 5.74) is 9.09. The van der Waals surface area contributed by atoms with E-state index >= 15 is 0 Å². The van der Waals surface area contributed by atoms with Gasteiger partial charge in [-0.25, -0.2) is 0 Å². The number of azo groups is 1. The molecular formula is C14H15N3O3S. The molecule has 0 atom stereocenters. The first kappa shape index (κ1) is 15.1. The number of anilines is 1. The number of nitrogen functional groups attached to an aromatic ring is 1. The molecule has 0 aromatic heterocycles. The molecule has 0 heterocycles. The molecule has 110 valence electrons. The van der Waals surface area contributed by atoms with E-state index in [1.165, 1.54) is 18.2 Å². The summed E-state index contributed by atoms with van der Waals surface area (Å²) in [6.45, 7) is 3.57. The maximum Gasteiger partial charge on any atom is 0.294 e. The van der Waals surface area contributed by atoms with Crippen LogP contribution in [0.25, 0.3) is 0 Å². The van der Waals surface area contributed by atoms with Gasteiger partial charge >= 0.3 is 0 Å². The average molecular weight is 305 g/mol. The van der Waals surface area contributed by atoms with E-state index in [0.717, 1.165) is 5.56 Å². The summed E-state index contributed by atoms with van der Waals surface area (Å²) in [6.07, 6.45) is 0. The minimum absolute atomic E-state index is 0.165. The Bertz CT molecular complexity index is 814. The zero-order valence-electron chi connectivity index (χ0n) is 11.6. The van der Waals surface area contributed by atoms with Crippen molar-refractivity contribution in [3.8, 4) is 0 Å². The summed E-state index contributed by atoms with van der Waals surface area (Å²) in [7, 11) is -4.21. The summed E-state index contributed by atoms with van der Waals surface area (Å²) >= 11 is 0. The first-order valence-electron chi connectivity index (χ1n) is 6.13. The molecule has 2 rings (SSSR count). The predicted octanol–water partition coefficient (Wildman–Crippen LogP) is 3.55.